The van der Waals surface area contributed by atoms with Crippen molar-refractivity contribution in [1.82, 2.24) is 0 Å². The number of hydrogen-bond acceptors (Lipinski definition) is 2. The number of esters is 1. The summed E-state index contributed by atoms with van der Waals surface area (Å²) in [6, 6.07) is 7.91. The van der Waals surface area contributed by atoms with Crippen LogP contribution in [-0.2, 0) is 22.6 Å². The number of ether oxygens (including phenoxy) is 1. The molecule has 0 amide bonds. The van der Waals surface area contributed by atoms with Gasteiger partial charge in [0.2, 0.25) is 0 Å². The quantitative estimate of drug-likeness (QED) is 0.518. The van der Waals surface area contributed by atoms with Crippen molar-refractivity contribution >= 4 is 5.97 Å². The molecule has 0 aromatic heterocycles. The van der Waals surface area contributed by atoms with Crippen molar-refractivity contribution < 1.29 is 9.53 Å². The largest absolute Gasteiger partial charge is 0.461 e. The zero-order valence-electron chi connectivity index (χ0n) is 6.04. The zero-order valence-corrected chi connectivity index (χ0v) is 6.04. The predicted octanol–water partition coefficient (Wildman–Crippen LogP) is 1.29. The highest BCUT2D eigenvalue weighted by molar-refractivity contribution is 5.73. The molecule has 0 fully saturated rings. The van der Waals surface area contributed by atoms with Crippen molar-refractivity contribution in [1.29, 1.82) is 0 Å². The number of rotatable bonds is 0. The molecule has 0 spiro atoms. The van der Waals surface area contributed by atoms with E-state index in [1.807, 2.05) is 24.3 Å². The van der Waals surface area contributed by atoms with E-state index in [-0.39, 0.29) is 5.97 Å². The molecule has 2 aliphatic heterocycles. The van der Waals surface area contributed by atoms with Gasteiger partial charge < -0.3 is 4.74 Å². The first kappa shape index (κ1) is 6.40. The van der Waals surface area contributed by atoms with Crippen molar-refractivity contribution in [3.63, 3.8) is 0 Å². The standard InChI is InChI=1S/C9H8O2/c10-9-5-7-1-3-8(4-2-7)6-11-9/h1-4H,5-6H2. The molecule has 0 atom stereocenters. The van der Waals surface area contributed by atoms with Gasteiger partial charge in [0.15, 0.2) is 0 Å². The van der Waals surface area contributed by atoms with Gasteiger partial charge in [-0.1, -0.05) is 24.3 Å². The molecule has 3 rings (SSSR count). The molecule has 0 unspecified atom stereocenters. The van der Waals surface area contributed by atoms with Crippen molar-refractivity contribution in [2.45, 2.75) is 13.0 Å². The smallest absolute Gasteiger partial charge is 0.310 e. The van der Waals surface area contributed by atoms with Crippen molar-refractivity contribution in [2.75, 3.05) is 0 Å². The number of fused-ring (bicyclic) bond motifs is 5. The van der Waals surface area contributed by atoms with Gasteiger partial charge in [-0.15, -0.1) is 0 Å². The maximum atomic E-state index is 10.9. The summed E-state index contributed by atoms with van der Waals surface area (Å²) in [5, 5.41) is 0. The first-order valence-corrected chi connectivity index (χ1v) is 3.58. The van der Waals surface area contributed by atoms with Crippen LogP contribution < -0.4 is 0 Å². The third-order valence-electron chi connectivity index (χ3n) is 1.77. The van der Waals surface area contributed by atoms with E-state index in [9.17, 15) is 4.79 Å². The Labute approximate surface area is 64.8 Å². The minimum atomic E-state index is -0.133. The molecule has 0 N–H and O–H groups in total. The van der Waals surface area contributed by atoms with E-state index in [1.165, 1.54) is 0 Å². The molecule has 1 aromatic carbocycles. The van der Waals surface area contributed by atoms with Crippen LogP contribution in [0.25, 0.3) is 0 Å². The third kappa shape index (κ3) is 1.24. The number of carbonyl (C=O) groups is 1. The van der Waals surface area contributed by atoms with Gasteiger partial charge >= 0.3 is 5.97 Å². The number of carbonyl (C=O) groups excluding carboxylic acids is 1. The molecule has 11 heavy (non-hydrogen) atoms. The van der Waals surface area contributed by atoms with Gasteiger partial charge in [0, 0.05) is 0 Å². The van der Waals surface area contributed by atoms with Crippen LogP contribution in [-0.4, -0.2) is 5.97 Å². The number of benzene rings is 1. The van der Waals surface area contributed by atoms with Crippen LogP contribution in [0.1, 0.15) is 11.1 Å². The van der Waals surface area contributed by atoms with E-state index in [0.717, 1.165) is 11.1 Å². The lowest BCUT2D eigenvalue weighted by molar-refractivity contribution is -0.144. The summed E-state index contributed by atoms with van der Waals surface area (Å²) < 4.78 is 4.92. The van der Waals surface area contributed by atoms with E-state index in [1.54, 1.807) is 0 Å². The van der Waals surface area contributed by atoms with E-state index in [0.29, 0.717) is 13.0 Å². The average molecular weight is 148 g/mol. The third-order valence-corrected chi connectivity index (χ3v) is 1.77. The number of hydrogen-bond donors (Lipinski definition) is 0. The minimum Gasteiger partial charge on any atom is -0.461 e. The molecular formula is C9H8O2. The molecule has 2 bridgehead atoms. The van der Waals surface area contributed by atoms with Crippen LogP contribution in [0.5, 0.6) is 0 Å². The first-order chi connectivity index (χ1) is 5.34. The Bertz CT molecular complexity index is 274. The van der Waals surface area contributed by atoms with E-state index < -0.39 is 0 Å². The van der Waals surface area contributed by atoms with Gasteiger partial charge in [-0.2, -0.15) is 0 Å². The monoisotopic (exact) mass is 148 g/mol. The maximum Gasteiger partial charge on any atom is 0.310 e. The van der Waals surface area contributed by atoms with Gasteiger partial charge in [-0.05, 0) is 11.1 Å². The Morgan fingerprint density at radius 3 is 2.45 bits per heavy atom. The molecule has 2 nitrogen and oxygen atoms in total. The fourth-order valence-electron chi connectivity index (χ4n) is 1.13. The van der Waals surface area contributed by atoms with Crippen molar-refractivity contribution in [3.05, 3.63) is 35.4 Å². The SMILES string of the molecule is O=C1Cc2ccc(cc2)CO1. The summed E-state index contributed by atoms with van der Waals surface area (Å²) >= 11 is 0. The lowest BCUT2D eigenvalue weighted by Crippen LogP contribution is -2.10. The fraction of sp³-hybridized carbons (Fsp3) is 0.222. The second-order valence-electron chi connectivity index (χ2n) is 2.65. The summed E-state index contributed by atoms with van der Waals surface area (Å²) in [6.07, 6.45) is 0.403. The molecule has 1 aromatic rings. The van der Waals surface area contributed by atoms with E-state index in [4.69, 9.17) is 4.74 Å². The van der Waals surface area contributed by atoms with Crippen LogP contribution >= 0.6 is 0 Å². The second kappa shape index (κ2) is 2.38. The minimum absolute atomic E-state index is 0.133. The highest BCUT2D eigenvalue weighted by Gasteiger charge is 2.08. The maximum absolute atomic E-state index is 10.9. The average Bonchev–Trinajstić information content (AvgIpc) is 1.98. The van der Waals surface area contributed by atoms with Crippen LogP contribution in [0.4, 0.5) is 0 Å². The molecule has 0 saturated carbocycles. The Kier molecular flexibility index (Phi) is 1.39. The summed E-state index contributed by atoms with van der Waals surface area (Å²) in [4.78, 5) is 10.9. The van der Waals surface area contributed by atoms with Crippen LogP contribution in [0.3, 0.4) is 0 Å². The summed E-state index contributed by atoms with van der Waals surface area (Å²) in [6.45, 7) is 0.416. The molecule has 2 heteroatoms. The van der Waals surface area contributed by atoms with Gasteiger partial charge in [-0.25, -0.2) is 0 Å². The topological polar surface area (TPSA) is 26.3 Å². The first-order valence-electron chi connectivity index (χ1n) is 3.58. The highest BCUT2D eigenvalue weighted by atomic mass is 16.5. The van der Waals surface area contributed by atoms with Crippen molar-refractivity contribution in [2.24, 2.45) is 0 Å². The molecule has 56 valence electrons. The molecule has 2 aliphatic rings. The molecular weight excluding hydrogens is 140 g/mol. The van der Waals surface area contributed by atoms with Gasteiger partial charge in [0.05, 0.1) is 6.42 Å². The predicted molar refractivity (Wildman–Crippen MR) is 39.9 cm³/mol. The molecule has 0 radical (unpaired) electrons. The molecule has 2 heterocycles. The van der Waals surface area contributed by atoms with E-state index in [2.05, 4.69) is 0 Å². The van der Waals surface area contributed by atoms with Gasteiger partial charge in [0.25, 0.3) is 0 Å². The van der Waals surface area contributed by atoms with E-state index >= 15 is 0 Å². The van der Waals surface area contributed by atoms with Gasteiger partial charge in [0.1, 0.15) is 6.61 Å². The molecule has 0 saturated heterocycles. The summed E-state index contributed by atoms with van der Waals surface area (Å²) in [5.41, 5.74) is 2.08. The Hall–Kier alpha value is -1.31. The zero-order chi connectivity index (χ0) is 7.68. The lowest BCUT2D eigenvalue weighted by atomic mass is 10.1. The second-order valence-corrected chi connectivity index (χ2v) is 2.65. The molecule has 0 aliphatic carbocycles. The fourth-order valence-corrected chi connectivity index (χ4v) is 1.13. The van der Waals surface area contributed by atoms with Crippen LogP contribution in [0.15, 0.2) is 24.3 Å². The summed E-state index contributed by atoms with van der Waals surface area (Å²) in [5.74, 6) is -0.133. The Balaban J connectivity index is 2.42. The normalized spacial score (nSPS) is 15.5. The Morgan fingerprint density at radius 1 is 1.09 bits per heavy atom. The highest BCUT2D eigenvalue weighted by Crippen LogP contribution is 2.11. The lowest BCUT2D eigenvalue weighted by Gasteiger charge is -2.09. The van der Waals surface area contributed by atoms with Crippen LogP contribution in [0, 0.1) is 0 Å². The van der Waals surface area contributed by atoms with Crippen LogP contribution in [0.2, 0.25) is 0 Å². The van der Waals surface area contributed by atoms with Crippen molar-refractivity contribution in [3.8, 4) is 0 Å². The summed E-state index contributed by atoms with van der Waals surface area (Å²) in [7, 11) is 0. The van der Waals surface area contributed by atoms with Gasteiger partial charge in [-0.3, -0.25) is 4.79 Å². The Morgan fingerprint density at radius 2 is 1.73 bits per heavy atom.